The van der Waals surface area contributed by atoms with Gasteiger partial charge < -0.3 is 0 Å². The molecule has 0 aliphatic heterocycles. The van der Waals surface area contributed by atoms with Gasteiger partial charge in [-0.3, -0.25) is 10.1 Å². The van der Waals surface area contributed by atoms with Crippen LogP contribution in [0, 0.1) is 0 Å². The summed E-state index contributed by atoms with van der Waals surface area (Å²) in [5, 5.41) is 10.1. The van der Waals surface area contributed by atoms with E-state index in [1.54, 1.807) is 24.3 Å². The second-order valence-corrected chi connectivity index (χ2v) is 8.68. The number of carbonyl (C=O) groups is 1. The predicted molar refractivity (Wildman–Crippen MR) is 89.0 cm³/mol. The van der Waals surface area contributed by atoms with Gasteiger partial charge in [0, 0.05) is 10.0 Å². The van der Waals surface area contributed by atoms with Crippen molar-refractivity contribution in [3.05, 3.63) is 34.3 Å². The van der Waals surface area contributed by atoms with Crippen molar-refractivity contribution in [2.45, 2.75) is 24.1 Å². The number of nitrogens with zero attached hydrogens (tertiary/aromatic N) is 2. The van der Waals surface area contributed by atoms with E-state index in [2.05, 4.69) is 31.4 Å². The largest absolute Gasteiger partial charge is 0.296 e. The second kappa shape index (κ2) is 7.30. The van der Waals surface area contributed by atoms with Gasteiger partial charge in [0.1, 0.15) is 0 Å². The average molecular weight is 404 g/mol. The summed E-state index contributed by atoms with van der Waals surface area (Å²) in [6.07, 6.45) is 1.35. The fourth-order valence-corrected chi connectivity index (χ4v) is 4.32. The van der Waals surface area contributed by atoms with E-state index in [9.17, 15) is 13.2 Å². The molecule has 1 aromatic heterocycles. The summed E-state index contributed by atoms with van der Waals surface area (Å²) in [5.41, 5.74) is 0.453. The number of hydrogen-bond acceptors (Lipinski definition) is 6. The first-order chi connectivity index (χ1) is 10.4. The van der Waals surface area contributed by atoms with Crippen molar-refractivity contribution >= 4 is 48.1 Å². The van der Waals surface area contributed by atoms with Gasteiger partial charge in [0.2, 0.25) is 19.3 Å². The van der Waals surface area contributed by atoms with Crippen LogP contribution in [-0.4, -0.2) is 30.3 Å². The molecule has 0 aliphatic carbocycles. The number of unbranched alkanes of at least 4 members (excludes halogenated alkanes) is 1. The summed E-state index contributed by atoms with van der Waals surface area (Å²) in [6, 6.07) is 6.80. The number of anilines is 1. The molecule has 2 aromatic rings. The van der Waals surface area contributed by atoms with Crippen molar-refractivity contribution in [1.82, 2.24) is 10.2 Å². The lowest BCUT2D eigenvalue weighted by atomic mass is 10.2. The molecule has 22 heavy (non-hydrogen) atoms. The number of aromatic nitrogens is 2. The van der Waals surface area contributed by atoms with Crippen LogP contribution >= 0.6 is 27.3 Å². The molecule has 0 spiro atoms. The molecule has 0 fully saturated rings. The number of sulfone groups is 1. The number of halogens is 1. The van der Waals surface area contributed by atoms with E-state index in [4.69, 9.17) is 0 Å². The summed E-state index contributed by atoms with van der Waals surface area (Å²) in [4.78, 5) is 12.0. The highest BCUT2D eigenvalue weighted by molar-refractivity contribution is 9.10. The quantitative estimate of drug-likeness (QED) is 0.748. The highest BCUT2D eigenvalue weighted by Gasteiger charge is 2.20. The van der Waals surface area contributed by atoms with Gasteiger partial charge >= 0.3 is 0 Å². The molecule has 1 heterocycles. The number of amides is 1. The Bertz CT molecular complexity index is 757. The maximum absolute atomic E-state index is 12.0. The van der Waals surface area contributed by atoms with E-state index in [-0.39, 0.29) is 21.1 Å². The molecule has 0 bridgehead atoms. The van der Waals surface area contributed by atoms with Crippen molar-refractivity contribution in [3.8, 4) is 0 Å². The number of carbonyl (C=O) groups excluding carboxylic acids is 1. The molecule has 0 aliphatic rings. The first-order valence-corrected chi connectivity index (χ1v) is 9.81. The van der Waals surface area contributed by atoms with Gasteiger partial charge in [-0.1, -0.05) is 40.6 Å². The van der Waals surface area contributed by atoms with Gasteiger partial charge in [0.15, 0.2) is 0 Å². The summed E-state index contributed by atoms with van der Waals surface area (Å²) >= 11 is 4.15. The second-order valence-electron chi connectivity index (χ2n) is 4.51. The normalized spacial score (nSPS) is 11.4. The predicted octanol–water partition coefficient (Wildman–Crippen LogP) is 3.13. The molecule has 0 saturated heterocycles. The third-order valence-electron chi connectivity index (χ3n) is 2.77. The van der Waals surface area contributed by atoms with Crippen molar-refractivity contribution < 1.29 is 13.2 Å². The van der Waals surface area contributed by atoms with E-state index in [0.29, 0.717) is 12.0 Å². The summed E-state index contributed by atoms with van der Waals surface area (Å²) in [6.45, 7) is 1.92. The van der Waals surface area contributed by atoms with E-state index in [1.807, 2.05) is 6.92 Å². The van der Waals surface area contributed by atoms with Gasteiger partial charge in [-0.05, 0) is 30.7 Å². The number of hydrogen-bond donors (Lipinski definition) is 1. The van der Waals surface area contributed by atoms with Gasteiger partial charge in [-0.2, -0.15) is 0 Å². The number of nitrogens with one attached hydrogen (secondary N) is 1. The fourth-order valence-electron chi connectivity index (χ4n) is 1.58. The lowest BCUT2D eigenvalue weighted by molar-refractivity contribution is 0.102. The van der Waals surface area contributed by atoms with Crippen molar-refractivity contribution in [3.63, 3.8) is 0 Å². The fraction of sp³-hybridized carbons (Fsp3) is 0.308. The zero-order chi connectivity index (χ0) is 16.2. The average Bonchev–Trinajstić information content (AvgIpc) is 2.95. The van der Waals surface area contributed by atoms with Crippen LogP contribution in [-0.2, 0) is 9.84 Å². The molecule has 1 N–H and O–H groups in total. The van der Waals surface area contributed by atoms with Crippen LogP contribution in [0.25, 0.3) is 0 Å². The third-order valence-corrected chi connectivity index (χ3v) is 6.38. The summed E-state index contributed by atoms with van der Waals surface area (Å²) in [7, 11) is -3.42. The van der Waals surface area contributed by atoms with E-state index in [0.717, 1.165) is 22.2 Å². The Balaban J connectivity index is 2.09. The van der Waals surface area contributed by atoms with Crippen LogP contribution < -0.4 is 5.32 Å². The summed E-state index contributed by atoms with van der Waals surface area (Å²) < 4.78 is 24.8. The zero-order valence-corrected chi connectivity index (χ0v) is 15.0. The minimum absolute atomic E-state index is 0.0405. The molecular formula is C13H14BrN3O3S2. The number of benzene rings is 1. The molecule has 6 nitrogen and oxygen atoms in total. The standard InChI is InChI=1S/C13H14BrN3O3S2/c1-2-3-8-22(19,20)13-17-16-12(21-13)15-11(18)9-4-6-10(14)7-5-9/h4-7H,2-3,8H2,1H3,(H,15,16,18). The Morgan fingerprint density at radius 2 is 1.95 bits per heavy atom. The lowest BCUT2D eigenvalue weighted by Crippen LogP contribution is -2.11. The van der Waals surface area contributed by atoms with Crippen molar-refractivity contribution in [2.24, 2.45) is 0 Å². The van der Waals surface area contributed by atoms with Crippen LogP contribution in [0.2, 0.25) is 0 Å². The van der Waals surface area contributed by atoms with Crippen LogP contribution in [0.5, 0.6) is 0 Å². The van der Waals surface area contributed by atoms with Gasteiger partial charge in [-0.25, -0.2) is 8.42 Å². The van der Waals surface area contributed by atoms with Crippen LogP contribution in [0.1, 0.15) is 30.1 Å². The van der Waals surface area contributed by atoms with Crippen molar-refractivity contribution in [2.75, 3.05) is 11.1 Å². The Morgan fingerprint density at radius 3 is 2.59 bits per heavy atom. The van der Waals surface area contributed by atoms with Gasteiger partial charge in [0.25, 0.3) is 5.91 Å². The Kier molecular flexibility index (Phi) is 5.65. The van der Waals surface area contributed by atoms with Crippen LogP contribution in [0.15, 0.2) is 33.1 Å². The monoisotopic (exact) mass is 403 g/mol. The Hall–Kier alpha value is -1.32. The van der Waals surface area contributed by atoms with Crippen molar-refractivity contribution in [1.29, 1.82) is 0 Å². The maximum atomic E-state index is 12.0. The van der Waals surface area contributed by atoms with Gasteiger partial charge in [-0.15, -0.1) is 10.2 Å². The number of rotatable bonds is 6. The minimum atomic E-state index is -3.42. The minimum Gasteiger partial charge on any atom is -0.296 e. The first kappa shape index (κ1) is 17.0. The Labute approximate surface area is 141 Å². The van der Waals surface area contributed by atoms with Gasteiger partial charge in [0.05, 0.1) is 5.75 Å². The molecule has 1 amide bonds. The molecule has 0 saturated carbocycles. The molecule has 9 heteroatoms. The van der Waals surface area contributed by atoms with E-state index < -0.39 is 9.84 Å². The highest BCUT2D eigenvalue weighted by atomic mass is 79.9. The lowest BCUT2D eigenvalue weighted by Gasteiger charge is -2.00. The molecule has 118 valence electrons. The third kappa shape index (κ3) is 4.34. The summed E-state index contributed by atoms with van der Waals surface area (Å²) in [5.74, 6) is -0.320. The smallest absolute Gasteiger partial charge is 0.257 e. The zero-order valence-electron chi connectivity index (χ0n) is 11.7. The molecule has 2 rings (SSSR count). The Morgan fingerprint density at radius 1 is 1.27 bits per heavy atom. The molecule has 0 atom stereocenters. The SMILES string of the molecule is CCCCS(=O)(=O)c1nnc(NC(=O)c2ccc(Br)cc2)s1. The van der Waals surface area contributed by atoms with Crippen LogP contribution in [0.4, 0.5) is 5.13 Å². The molecule has 0 radical (unpaired) electrons. The highest BCUT2D eigenvalue weighted by Crippen LogP contribution is 2.22. The topological polar surface area (TPSA) is 89.0 Å². The first-order valence-electron chi connectivity index (χ1n) is 6.55. The van der Waals surface area contributed by atoms with E-state index >= 15 is 0 Å². The molecular weight excluding hydrogens is 390 g/mol. The maximum Gasteiger partial charge on any atom is 0.257 e. The molecule has 1 aromatic carbocycles. The molecule has 0 unspecified atom stereocenters. The van der Waals surface area contributed by atoms with Crippen LogP contribution in [0.3, 0.4) is 0 Å². The van der Waals surface area contributed by atoms with E-state index in [1.165, 1.54) is 0 Å².